The molecule has 1 aromatic carbocycles. The smallest absolute Gasteiger partial charge is 0.0743 e. The van der Waals surface area contributed by atoms with E-state index in [0.717, 1.165) is 16.6 Å². The highest BCUT2D eigenvalue weighted by Crippen LogP contribution is 2.47. The molecular weight excluding hydrogens is 270 g/mol. The zero-order valence-corrected chi connectivity index (χ0v) is 12.1. The number of pyridine rings is 3. The minimum Gasteiger partial charge on any atom is -0.264 e. The Bertz CT molecular complexity index is 1050. The second-order valence-electron chi connectivity index (χ2n) is 5.80. The lowest BCUT2D eigenvalue weighted by atomic mass is 9.93. The molecule has 0 amide bonds. The van der Waals surface area contributed by atoms with E-state index in [2.05, 4.69) is 40.1 Å². The topological polar surface area (TPSA) is 38.7 Å². The lowest BCUT2D eigenvalue weighted by Gasteiger charge is -2.12. The maximum Gasteiger partial charge on any atom is 0.0743 e. The van der Waals surface area contributed by atoms with E-state index in [1.54, 1.807) is 0 Å². The number of hydrogen-bond acceptors (Lipinski definition) is 3. The molecule has 1 aliphatic carbocycles. The highest BCUT2D eigenvalue weighted by atomic mass is 14.7. The van der Waals surface area contributed by atoms with Gasteiger partial charge in [0.15, 0.2) is 0 Å². The molecule has 3 heteroatoms. The van der Waals surface area contributed by atoms with Crippen LogP contribution >= 0.6 is 0 Å². The van der Waals surface area contributed by atoms with Gasteiger partial charge in [-0.05, 0) is 29.3 Å². The summed E-state index contributed by atoms with van der Waals surface area (Å²) in [6.07, 6.45) is 7.56. The van der Waals surface area contributed by atoms with E-state index in [9.17, 15) is 0 Å². The predicted molar refractivity (Wildman–Crippen MR) is 87.8 cm³/mol. The molecule has 0 saturated heterocycles. The van der Waals surface area contributed by atoms with Crippen molar-refractivity contribution < 1.29 is 0 Å². The highest BCUT2D eigenvalue weighted by molar-refractivity contribution is 6.10. The quantitative estimate of drug-likeness (QED) is 0.451. The molecule has 0 bridgehead atoms. The molecule has 104 valence electrons. The van der Waals surface area contributed by atoms with Gasteiger partial charge in [0.05, 0.1) is 11.2 Å². The van der Waals surface area contributed by atoms with Gasteiger partial charge in [0, 0.05) is 52.4 Å². The summed E-state index contributed by atoms with van der Waals surface area (Å²) in [5.41, 5.74) is 5.99. The van der Waals surface area contributed by atoms with Crippen molar-refractivity contribution in [1.29, 1.82) is 0 Å². The van der Waals surface area contributed by atoms with Gasteiger partial charge in [-0.25, -0.2) is 0 Å². The Balaban J connectivity index is 2.00. The molecule has 1 atom stereocenters. The number of hydrogen-bond donors (Lipinski definition) is 0. The molecule has 0 radical (unpaired) electrons. The third-order valence-corrected chi connectivity index (χ3v) is 4.68. The van der Waals surface area contributed by atoms with Crippen molar-refractivity contribution in [2.45, 2.75) is 12.8 Å². The molecule has 0 N–H and O–H groups in total. The summed E-state index contributed by atoms with van der Waals surface area (Å²) in [6, 6.07) is 10.5. The molecule has 0 aliphatic heterocycles. The monoisotopic (exact) mass is 283 g/mol. The van der Waals surface area contributed by atoms with Gasteiger partial charge in [0.1, 0.15) is 0 Å². The number of rotatable bonds is 0. The lowest BCUT2D eigenvalue weighted by Crippen LogP contribution is -1.93. The number of nitrogens with zero attached hydrogens (tertiary/aromatic N) is 3. The Labute approximate surface area is 127 Å². The van der Waals surface area contributed by atoms with Crippen LogP contribution in [0.1, 0.15) is 24.0 Å². The standard InChI is InChI=1S/C19H13N3/c1-11-13-3-2-7-21-19(13)14-4-5-16-18(17(11)14)15-10-20-8-6-12(15)9-22-16/h2-11H,1H3. The number of aromatic nitrogens is 3. The van der Waals surface area contributed by atoms with Crippen molar-refractivity contribution in [3.05, 3.63) is 66.2 Å². The van der Waals surface area contributed by atoms with Crippen molar-refractivity contribution in [2.75, 3.05) is 0 Å². The Hall–Kier alpha value is -2.81. The van der Waals surface area contributed by atoms with Gasteiger partial charge in [-0.1, -0.05) is 19.1 Å². The van der Waals surface area contributed by atoms with E-state index in [1.165, 1.54) is 27.5 Å². The molecule has 3 nitrogen and oxygen atoms in total. The van der Waals surface area contributed by atoms with Crippen molar-refractivity contribution in [3.8, 4) is 11.3 Å². The van der Waals surface area contributed by atoms with Crippen LogP contribution < -0.4 is 0 Å². The molecule has 1 aliphatic rings. The Kier molecular flexibility index (Phi) is 2.20. The average molecular weight is 283 g/mol. The maximum atomic E-state index is 4.64. The van der Waals surface area contributed by atoms with Crippen molar-refractivity contribution in [1.82, 2.24) is 15.0 Å². The minimum atomic E-state index is 0.329. The molecule has 5 rings (SSSR count). The predicted octanol–water partition coefficient (Wildman–Crippen LogP) is 4.31. The van der Waals surface area contributed by atoms with Crippen LogP contribution in [0.2, 0.25) is 0 Å². The summed E-state index contributed by atoms with van der Waals surface area (Å²) in [5, 5.41) is 3.52. The van der Waals surface area contributed by atoms with E-state index < -0.39 is 0 Å². The van der Waals surface area contributed by atoms with E-state index >= 15 is 0 Å². The number of benzene rings is 1. The van der Waals surface area contributed by atoms with Crippen LogP contribution in [-0.4, -0.2) is 15.0 Å². The second-order valence-corrected chi connectivity index (χ2v) is 5.80. The fourth-order valence-corrected chi connectivity index (χ4v) is 3.67. The van der Waals surface area contributed by atoms with E-state index in [0.29, 0.717) is 5.92 Å². The van der Waals surface area contributed by atoms with Gasteiger partial charge >= 0.3 is 0 Å². The molecule has 1 unspecified atom stereocenters. The third-order valence-electron chi connectivity index (χ3n) is 4.68. The molecule has 3 aromatic heterocycles. The average Bonchev–Trinajstić information content (AvgIpc) is 2.88. The molecule has 0 saturated carbocycles. The van der Waals surface area contributed by atoms with Crippen molar-refractivity contribution >= 4 is 21.7 Å². The molecular formula is C19H13N3. The van der Waals surface area contributed by atoms with E-state index in [4.69, 9.17) is 0 Å². The van der Waals surface area contributed by atoms with Crippen LogP contribution in [0.4, 0.5) is 0 Å². The first-order valence-electron chi connectivity index (χ1n) is 7.45. The maximum absolute atomic E-state index is 4.64. The molecule has 3 heterocycles. The summed E-state index contributed by atoms with van der Waals surface area (Å²) < 4.78 is 0. The second kappa shape index (κ2) is 4.10. The van der Waals surface area contributed by atoms with E-state index in [1.807, 2.05) is 36.9 Å². The number of fused-ring (bicyclic) bond motifs is 7. The summed E-state index contributed by atoms with van der Waals surface area (Å²) in [7, 11) is 0. The Morgan fingerprint density at radius 1 is 0.955 bits per heavy atom. The van der Waals surface area contributed by atoms with Crippen molar-refractivity contribution in [2.24, 2.45) is 0 Å². The van der Waals surface area contributed by atoms with Crippen LogP contribution in [0.5, 0.6) is 0 Å². The van der Waals surface area contributed by atoms with Gasteiger partial charge in [-0.3, -0.25) is 15.0 Å². The normalized spacial score (nSPS) is 16.0. The van der Waals surface area contributed by atoms with Gasteiger partial charge in [0.25, 0.3) is 0 Å². The summed E-state index contributed by atoms with van der Waals surface area (Å²) in [5.74, 6) is 0.329. The van der Waals surface area contributed by atoms with Crippen LogP contribution in [0.15, 0.2) is 55.1 Å². The van der Waals surface area contributed by atoms with Crippen LogP contribution in [0.3, 0.4) is 0 Å². The SMILES string of the molecule is CC1c2cccnc2-c2ccc3ncc4ccncc4c3c21. The fourth-order valence-electron chi connectivity index (χ4n) is 3.67. The molecule has 0 fully saturated rings. The van der Waals surface area contributed by atoms with Crippen LogP contribution in [0, 0.1) is 0 Å². The molecule has 0 spiro atoms. The first kappa shape index (κ1) is 11.8. The first-order valence-corrected chi connectivity index (χ1v) is 7.45. The zero-order valence-electron chi connectivity index (χ0n) is 12.1. The summed E-state index contributed by atoms with van der Waals surface area (Å²) >= 11 is 0. The van der Waals surface area contributed by atoms with Crippen LogP contribution in [-0.2, 0) is 0 Å². The Morgan fingerprint density at radius 3 is 2.86 bits per heavy atom. The van der Waals surface area contributed by atoms with E-state index in [-0.39, 0.29) is 0 Å². The lowest BCUT2D eigenvalue weighted by molar-refractivity contribution is 0.962. The van der Waals surface area contributed by atoms with Crippen molar-refractivity contribution in [3.63, 3.8) is 0 Å². The Morgan fingerprint density at radius 2 is 1.91 bits per heavy atom. The summed E-state index contributed by atoms with van der Waals surface area (Å²) in [6.45, 7) is 2.25. The highest BCUT2D eigenvalue weighted by Gasteiger charge is 2.28. The van der Waals surface area contributed by atoms with Crippen LogP contribution in [0.25, 0.3) is 32.9 Å². The van der Waals surface area contributed by atoms with Gasteiger partial charge in [-0.15, -0.1) is 0 Å². The molecule has 22 heavy (non-hydrogen) atoms. The van der Waals surface area contributed by atoms with Gasteiger partial charge in [0.2, 0.25) is 0 Å². The molecule has 4 aromatic rings. The first-order chi connectivity index (χ1) is 10.8. The zero-order chi connectivity index (χ0) is 14.7. The fraction of sp³-hybridized carbons (Fsp3) is 0.105. The summed E-state index contributed by atoms with van der Waals surface area (Å²) in [4.78, 5) is 13.6. The van der Waals surface area contributed by atoms with Gasteiger partial charge < -0.3 is 0 Å². The minimum absolute atomic E-state index is 0.329. The largest absolute Gasteiger partial charge is 0.264 e. The third kappa shape index (κ3) is 1.38. The van der Waals surface area contributed by atoms with Gasteiger partial charge in [-0.2, -0.15) is 0 Å².